The van der Waals surface area contributed by atoms with Crippen molar-refractivity contribution in [1.82, 2.24) is 0 Å². The molecule has 0 aromatic heterocycles. The zero-order valence-electron chi connectivity index (χ0n) is 59.5. The van der Waals surface area contributed by atoms with Gasteiger partial charge in [-0.2, -0.15) is 0 Å². The number of esters is 4. The second kappa shape index (κ2) is 67.6. The van der Waals surface area contributed by atoms with Gasteiger partial charge in [0.1, 0.15) is 19.3 Å². The van der Waals surface area contributed by atoms with Crippen molar-refractivity contribution >= 4 is 39.5 Å². The van der Waals surface area contributed by atoms with E-state index >= 15 is 0 Å². The van der Waals surface area contributed by atoms with Crippen LogP contribution in [-0.2, 0) is 65.4 Å². The smallest absolute Gasteiger partial charge is 0.462 e. The molecule has 0 heterocycles. The first-order chi connectivity index (χ1) is 44.7. The summed E-state index contributed by atoms with van der Waals surface area (Å²) in [6.45, 7) is 4.89. The number of hydrogen-bond donors (Lipinski definition) is 3. The Balaban J connectivity index is 5.14. The molecule has 0 aliphatic heterocycles. The lowest BCUT2D eigenvalue weighted by Gasteiger charge is -2.21. The van der Waals surface area contributed by atoms with Crippen LogP contribution in [0.15, 0.2) is 0 Å². The third-order valence-electron chi connectivity index (χ3n) is 17.1. The van der Waals surface area contributed by atoms with Gasteiger partial charge in [0.15, 0.2) is 12.2 Å². The number of hydrogen-bond acceptors (Lipinski definition) is 15. The lowest BCUT2D eigenvalue weighted by Crippen LogP contribution is -2.30. The summed E-state index contributed by atoms with van der Waals surface area (Å²) >= 11 is 0. The molecule has 0 rings (SSSR count). The number of phosphoric ester groups is 2. The summed E-state index contributed by atoms with van der Waals surface area (Å²) in [5.41, 5.74) is 0. The van der Waals surface area contributed by atoms with Gasteiger partial charge in [0.2, 0.25) is 0 Å². The Morgan fingerprint density at radius 2 is 0.435 bits per heavy atom. The average Bonchev–Trinajstić information content (AvgIpc) is 3.63. The first-order valence-electron chi connectivity index (χ1n) is 38.3. The minimum absolute atomic E-state index is 0.108. The second-order valence-corrected chi connectivity index (χ2v) is 29.2. The van der Waals surface area contributed by atoms with Gasteiger partial charge < -0.3 is 33.8 Å². The zero-order valence-corrected chi connectivity index (χ0v) is 61.3. The van der Waals surface area contributed by atoms with Crippen LogP contribution in [0.25, 0.3) is 0 Å². The maximum absolute atomic E-state index is 13.0. The Morgan fingerprint density at radius 3 is 0.641 bits per heavy atom. The second-order valence-electron chi connectivity index (χ2n) is 26.3. The number of carbonyl (C=O) groups excluding carboxylic acids is 4. The third-order valence-corrected chi connectivity index (χ3v) is 19.0. The highest BCUT2D eigenvalue weighted by molar-refractivity contribution is 7.47. The van der Waals surface area contributed by atoms with Crippen LogP contribution >= 0.6 is 15.6 Å². The monoisotopic (exact) mass is 1350 g/mol. The Labute approximate surface area is 562 Å². The van der Waals surface area contributed by atoms with E-state index in [9.17, 15) is 43.2 Å². The highest BCUT2D eigenvalue weighted by Crippen LogP contribution is 2.45. The van der Waals surface area contributed by atoms with Crippen molar-refractivity contribution < 1.29 is 80.2 Å². The quantitative estimate of drug-likeness (QED) is 0.0222. The molecule has 17 nitrogen and oxygen atoms in total. The van der Waals surface area contributed by atoms with Crippen molar-refractivity contribution in [3.05, 3.63) is 0 Å². The zero-order chi connectivity index (χ0) is 67.5. The molecule has 92 heavy (non-hydrogen) atoms. The van der Waals surface area contributed by atoms with Gasteiger partial charge in [0.25, 0.3) is 0 Å². The Kier molecular flexibility index (Phi) is 66.2. The number of ether oxygens (including phenoxy) is 4. The minimum Gasteiger partial charge on any atom is -0.462 e. The molecule has 0 radical (unpaired) electrons. The number of aliphatic hydroxyl groups excluding tert-OH is 1. The van der Waals surface area contributed by atoms with Crippen LogP contribution in [-0.4, -0.2) is 96.7 Å². The summed E-state index contributed by atoms with van der Waals surface area (Å²) in [6.07, 6.45) is 57.2. The molecule has 19 heteroatoms. The maximum Gasteiger partial charge on any atom is 0.472 e. The topological polar surface area (TPSA) is 237 Å². The number of rotatable bonds is 74. The van der Waals surface area contributed by atoms with Crippen LogP contribution in [0, 0.1) is 0 Å². The van der Waals surface area contributed by atoms with Crippen molar-refractivity contribution in [2.45, 2.75) is 406 Å². The van der Waals surface area contributed by atoms with E-state index in [1.165, 1.54) is 212 Å². The number of unbranched alkanes of at least 4 members (excludes halogenated alkanes) is 48. The summed E-state index contributed by atoms with van der Waals surface area (Å²) in [5, 5.41) is 10.6. The lowest BCUT2D eigenvalue weighted by atomic mass is 10.0. The average molecular weight is 1350 g/mol. The fourth-order valence-corrected chi connectivity index (χ4v) is 12.8. The van der Waals surface area contributed by atoms with Crippen LogP contribution < -0.4 is 0 Å². The van der Waals surface area contributed by atoms with Crippen LogP contribution in [0.1, 0.15) is 387 Å². The molecule has 0 bridgehead atoms. The minimum atomic E-state index is -4.95. The molecule has 2 unspecified atom stereocenters. The van der Waals surface area contributed by atoms with E-state index in [-0.39, 0.29) is 25.7 Å². The van der Waals surface area contributed by atoms with Gasteiger partial charge in [-0.3, -0.25) is 37.3 Å². The molecule has 0 aromatic carbocycles. The number of aliphatic hydroxyl groups is 1. The van der Waals surface area contributed by atoms with Gasteiger partial charge in [-0.15, -0.1) is 0 Å². The van der Waals surface area contributed by atoms with E-state index in [1.54, 1.807) is 0 Å². The van der Waals surface area contributed by atoms with Gasteiger partial charge in [-0.1, -0.05) is 336 Å². The summed E-state index contributed by atoms with van der Waals surface area (Å²) in [5.74, 6) is -2.13. The van der Waals surface area contributed by atoms with Gasteiger partial charge in [0.05, 0.1) is 26.4 Å². The summed E-state index contributed by atoms with van der Waals surface area (Å²) in [6, 6.07) is 0. The molecule has 5 atom stereocenters. The standard InChI is InChI=1S/C73H142O17P2/c1-5-9-13-17-20-23-26-29-32-35-37-40-43-46-50-54-58-71(76)84-64-69(90-73(78)60-56-52-48-45-42-39-36-33-30-27-24-21-18-14-10-6-2)66-88-92(81,82)86-62-67(74)61-85-91(79,80)87-65-68(63-83-70(75)57-53-49-16-12-8-4)89-72(77)59-55-51-47-44-41-38-34-31-28-25-22-19-15-11-7-3/h67-69,74H,5-66H2,1-4H3,(H,79,80)(H,81,82)/t67-,68+,69+/m0/s1. The van der Waals surface area contributed by atoms with E-state index < -0.39 is 97.5 Å². The normalized spacial score (nSPS) is 13.9. The largest absolute Gasteiger partial charge is 0.472 e. The van der Waals surface area contributed by atoms with Crippen molar-refractivity contribution in [3.8, 4) is 0 Å². The highest BCUT2D eigenvalue weighted by Gasteiger charge is 2.30. The molecule has 0 fully saturated rings. The van der Waals surface area contributed by atoms with Gasteiger partial charge >= 0.3 is 39.5 Å². The Bertz CT molecular complexity index is 1760. The van der Waals surface area contributed by atoms with E-state index in [0.717, 1.165) is 96.3 Å². The molecule has 0 saturated heterocycles. The SMILES string of the molecule is CCCCCCCCCCCCCCCCCCC(=O)OC[C@H](COP(=O)(O)OC[C@@H](O)COP(=O)(O)OC[C@@H](COC(=O)CCCCCCC)OC(=O)CCCCCCCCCCCCCCCCC)OC(=O)CCCCCCCCCCCCCCCCCC. The summed E-state index contributed by atoms with van der Waals surface area (Å²) < 4.78 is 68.2. The van der Waals surface area contributed by atoms with Crippen molar-refractivity contribution in [2.24, 2.45) is 0 Å². The predicted octanol–water partition coefficient (Wildman–Crippen LogP) is 21.4. The molecule has 3 N–H and O–H groups in total. The van der Waals surface area contributed by atoms with Gasteiger partial charge in [0, 0.05) is 25.7 Å². The fraction of sp³-hybridized carbons (Fsp3) is 0.945. The third kappa shape index (κ3) is 66.7. The van der Waals surface area contributed by atoms with Crippen LogP contribution in [0.2, 0.25) is 0 Å². The molecule has 0 aliphatic carbocycles. The molecule has 0 aromatic rings. The molecule has 546 valence electrons. The van der Waals surface area contributed by atoms with Crippen LogP contribution in [0.4, 0.5) is 0 Å². The van der Waals surface area contributed by atoms with Gasteiger partial charge in [-0.25, -0.2) is 9.13 Å². The van der Waals surface area contributed by atoms with E-state index in [1.807, 2.05) is 0 Å². The number of carbonyl (C=O) groups is 4. The highest BCUT2D eigenvalue weighted by atomic mass is 31.2. The van der Waals surface area contributed by atoms with Crippen molar-refractivity contribution in [3.63, 3.8) is 0 Å². The van der Waals surface area contributed by atoms with Gasteiger partial charge in [-0.05, 0) is 25.7 Å². The fourth-order valence-electron chi connectivity index (χ4n) is 11.2. The maximum atomic E-state index is 13.0. The Hall–Kier alpha value is -1.94. The Morgan fingerprint density at radius 1 is 0.261 bits per heavy atom. The van der Waals surface area contributed by atoms with Crippen molar-refractivity contribution in [1.29, 1.82) is 0 Å². The first-order valence-corrected chi connectivity index (χ1v) is 41.3. The molecular weight excluding hydrogens is 1210 g/mol. The molecular formula is C73H142O17P2. The van der Waals surface area contributed by atoms with E-state index in [0.29, 0.717) is 25.7 Å². The van der Waals surface area contributed by atoms with Crippen molar-refractivity contribution in [2.75, 3.05) is 39.6 Å². The molecule has 0 aliphatic rings. The van der Waals surface area contributed by atoms with E-state index in [4.69, 9.17) is 37.0 Å². The summed E-state index contributed by atoms with van der Waals surface area (Å²) in [7, 11) is -9.89. The first kappa shape index (κ1) is 90.1. The summed E-state index contributed by atoms with van der Waals surface area (Å²) in [4.78, 5) is 72.4. The van der Waals surface area contributed by atoms with Crippen LogP contribution in [0.5, 0.6) is 0 Å². The number of phosphoric acid groups is 2. The molecule has 0 amide bonds. The van der Waals surface area contributed by atoms with E-state index in [2.05, 4.69) is 27.7 Å². The molecule has 0 spiro atoms. The molecule has 0 saturated carbocycles. The van der Waals surface area contributed by atoms with Crippen LogP contribution in [0.3, 0.4) is 0 Å². The lowest BCUT2D eigenvalue weighted by molar-refractivity contribution is -0.161. The predicted molar refractivity (Wildman–Crippen MR) is 372 cm³/mol.